The predicted octanol–water partition coefficient (Wildman–Crippen LogP) is 4.41. The molecule has 0 aliphatic carbocycles. The largest absolute Gasteiger partial charge is 0.316 e. The van der Waals surface area contributed by atoms with E-state index in [4.69, 9.17) is 0 Å². The molecule has 2 atom stereocenters. The van der Waals surface area contributed by atoms with E-state index in [0.717, 1.165) is 24.9 Å². The molecule has 0 saturated heterocycles. The minimum absolute atomic E-state index is 0.410. The Hall–Kier alpha value is -0.0800. The zero-order valence-electron chi connectivity index (χ0n) is 15.3. The van der Waals surface area contributed by atoms with Crippen molar-refractivity contribution in [2.24, 2.45) is 17.3 Å². The highest BCUT2D eigenvalue weighted by Gasteiger charge is 2.26. The molecule has 0 bridgehead atoms. The Morgan fingerprint density at radius 2 is 1.75 bits per heavy atom. The lowest BCUT2D eigenvalue weighted by Gasteiger charge is -2.36. The van der Waals surface area contributed by atoms with Crippen LogP contribution < -0.4 is 5.32 Å². The molecule has 0 heterocycles. The summed E-state index contributed by atoms with van der Waals surface area (Å²) in [5.74, 6) is 1.55. The molecule has 2 unspecified atom stereocenters. The highest BCUT2D eigenvalue weighted by atomic mass is 15.1. The first-order valence-electron chi connectivity index (χ1n) is 8.79. The zero-order valence-corrected chi connectivity index (χ0v) is 15.3. The van der Waals surface area contributed by atoms with Crippen LogP contribution >= 0.6 is 0 Å². The molecule has 0 amide bonds. The van der Waals surface area contributed by atoms with E-state index in [1.165, 1.54) is 38.9 Å². The number of rotatable bonds is 12. The van der Waals surface area contributed by atoms with Crippen molar-refractivity contribution in [2.45, 2.75) is 67.7 Å². The van der Waals surface area contributed by atoms with Gasteiger partial charge in [-0.1, -0.05) is 61.3 Å². The van der Waals surface area contributed by atoms with Crippen LogP contribution in [0.1, 0.15) is 67.7 Å². The van der Waals surface area contributed by atoms with Crippen molar-refractivity contribution in [2.75, 3.05) is 32.7 Å². The summed E-state index contributed by atoms with van der Waals surface area (Å²) in [6, 6.07) is 0. The van der Waals surface area contributed by atoms with Crippen LogP contribution in [0.2, 0.25) is 0 Å². The van der Waals surface area contributed by atoms with Crippen LogP contribution in [0.4, 0.5) is 0 Å². The van der Waals surface area contributed by atoms with E-state index in [-0.39, 0.29) is 0 Å². The van der Waals surface area contributed by atoms with Gasteiger partial charge in [0, 0.05) is 19.6 Å². The summed E-state index contributed by atoms with van der Waals surface area (Å²) in [5.41, 5.74) is 0.410. The number of nitrogens with one attached hydrogen (secondary N) is 1. The summed E-state index contributed by atoms with van der Waals surface area (Å²) in [4.78, 5) is 2.65. The van der Waals surface area contributed by atoms with Crippen molar-refractivity contribution < 1.29 is 0 Å². The summed E-state index contributed by atoms with van der Waals surface area (Å²) >= 11 is 0. The standard InChI is InChI=1S/C18H40N2/c1-8-11-18(7,14-19-12-16(4)5)15-20(10-3)13-17(6)9-2/h16-17,19H,8-15H2,1-7H3. The van der Waals surface area contributed by atoms with E-state index < -0.39 is 0 Å². The molecule has 0 aromatic rings. The van der Waals surface area contributed by atoms with Gasteiger partial charge in [-0.15, -0.1) is 0 Å². The SMILES string of the molecule is CCCC(C)(CNCC(C)C)CN(CC)CC(C)CC. The molecule has 122 valence electrons. The Bertz CT molecular complexity index is 227. The van der Waals surface area contributed by atoms with Crippen molar-refractivity contribution in [3.63, 3.8) is 0 Å². The molecular formula is C18H40N2. The zero-order chi connectivity index (χ0) is 15.6. The van der Waals surface area contributed by atoms with E-state index in [9.17, 15) is 0 Å². The highest BCUT2D eigenvalue weighted by Crippen LogP contribution is 2.24. The monoisotopic (exact) mass is 284 g/mol. The summed E-state index contributed by atoms with van der Waals surface area (Å²) in [6.45, 7) is 22.2. The van der Waals surface area contributed by atoms with Crippen molar-refractivity contribution in [3.05, 3.63) is 0 Å². The van der Waals surface area contributed by atoms with E-state index in [1.54, 1.807) is 0 Å². The first-order valence-corrected chi connectivity index (χ1v) is 8.79. The van der Waals surface area contributed by atoms with Gasteiger partial charge in [0.15, 0.2) is 0 Å². The van der Waals surface area contributed by atoms with Gasteiger partial charge in [-0.05, 0) is 36.8 Å². The van der Waals surface area contributed by atoms with Gasteiger partial charge < -0.3 is 10.2 Å². The fourth-order valence-corrected chi connectivity index (χ4v) is 2.90. The molecule has 0 aromatic carbocycles. The Balaban J connectivity index is 4.45. The maximum absolute atomic E-state index is 3.68. The van der Waals surface area contributed by atoms with Gasteiger partial charge in [-0.3, -0.25) is 0 Å². The molecule has 0 radical (unpaired) electrons. The Morgan fingerprint density at radius 1 is 1.10 bits per heavy atom. The molecule has 0 saturated carbocycles. The van der Waals surface area contributed by atoms with Crippen molar-refractivity contribution in [1.29, 1.82) is 0 Å². The lowest BCUT2D eigenvalue weighted by atomic mass is 9.84. The number of nitrogens with zero attached hydrogens (tertiary/aromatic N) is 1. The van der Waals surface area contributed by atoms with E-state index in [0.29, 0.717) is 5.41 Å². The van der Waals surface area contributed by atoms with Gasteiger partial charge in [0.1, 0.15) is 0 Å². The lowest BCUT2D eigenvalue weighted by Crippen LogP contribution is -2.44. The molecule has 2 heteroatoms. The minimum atomic E-state index is 0.410. The van der Waals surface area contributed by atoms with Gasteiger partial charge in [-0.2, -0.15) is 0 Å². The molecule has 0 spiro atoms. The van der Waals surface area contributed by atoms with Crippen LogP contribution in [0.5, 0.6) is 0 Å². The van der Waals surface area contributed by atoms with Crippen LogP contribution in [0.3, 0.4) is 0 Å². The topological polar surface area (TPSA) is 15.3 Å². The molecular weight excluding hydrogens is 244 g/mol. The van der Waals surface area contributed by atoms with Gasteiger partial charge in [0.25, 0.3) is 0 Å². The van der Waals surface area contributed by atoms with Crippen LogP contribution in [-0.4, -0.2) is 37.6 Å². The number of hydrogen-bond donors (Lipinski definition) is 1. The van der Waals surface area contributed by atoms with Crippen molar-refractivity contribution >= 4 is 0 Å². The van der Waals surface area contributed by atoms with Gasteiger partial charge >= 0.3 is 0 Å². The molecule has 2 nitrogen and oxygen atoms in total. The summed E-state index contributed by atoms with van der Waals surface area (Å²) in [7, 11) is 0. The Kier molecular flexibility index (Phi) is 10.6. The normalized spacial score (nSPS) is 16.6. The molecule has 0 rings (SSSR count). The van der Waals surface area contributed by atoms with E-state index >= 15 is 0 Å². The van der Waals surface area contributed by atoms with E-state index in [2.05, 4.69) is 58.7 Å². The fraction of sp³-hybridized carbons (Fsp3) is 1.00. The molecule has 1 N–H and O–H groups in total. The highest BCUT2D eigenvalue weighted by molar-refractivity contribution is 4.81. The molecule has 0 aliphatic rings. The minimum Gasteiger partial charge on any atom is -0.316 e. The Morgan fingerprint density at radius 3 is 2.20 bits per heavy atom. The van der Waals surface area contributed by atoms with E-state index in [1.807, 2.05) is 0 Å². The summed E-state index contributed by atoms with van der Waals surface area (Å²) in [6.07, 6.45) is 3.88. The fourth-order valence-electron chi connectivity index (χ4n) is 2.90. The second kappa shape index (κ2) is 10.6. The first kappa shape index (κ1) is 19.9. The molecule has 0 aromatic heterocycles. The third-order valence-corrected chi connectivity index (χ3v) is 4.28. The second-order valence-corrected chi connectivity index (χ2v) is 7.43. The predicted molar refractivity (Wildman–Crippen MR) is 92.3 cm³/mol. The third-order valence-electron chi connectivity index (χ3n) is 4.28. The van der Waals surface area contributed by atoms with Gasteiger partial charge in [0.2, 0.25) is 0 Å². The van der Waals surface area contributed by atoms with Crippen LogP contribution in [0.15, 0.2) is 0 Å². The van der Waals surface area contributed by atoms with Gasteiger partial charge in [-0.25, -0.2) is 0 Å². The quantitative estimate of drug-likeness (QED) is 0.571. The van der Waals surface area contributed by atoms with Crippen molar-refractivity contribution in [1.82, 2.24) is 10.2 Å². The number of hydrogen-bond acceptors (Lipinski definition) is 2. The smallest absolute Gasteiger partial charge is 0.00475 e. The van der Waals surface area contributed by atoms with Crippen LogP contribution in [0.25, 0.3) is 0 Å². The average Bonchev–Trinajstić information content (AvgIpc) is 2.37. The summed E-state index contributed by atoms with van der Waals surface area (Å²) < 4.78 is 0. The van der Waals surface area contributed by atoms with Crippen molar-refractivity contribution in [3.8, 4) is 0 Å². The van der Waals surface area contributed by atoms with Crippen LogP contribution in [-0.2, 0) is 0 Å². The van der Waals surface area contributed by atoms with Crippen LogP contribution in [0, 0.1) is 17.3 Å². The maximum atomic E-state index is 3.68. The molecule has 0 fully saturated rings. The summed E-state index contributed by atoms with van der Waals surface area (Å²) in [5, 5.41) is 3.68. The molecule has 0 aliphatic heterocycles. The second-order valence-electron chi connectivity index (χ2n) is 7.43. The third kappa shape index (κ3) is 8.97. The average molecular weight is 285 g/mol. The molecule has 20 heavy (non-hydrogen) atoms. The first-order chi connectivity index (χ1) is 9.36. The lowest BCUT2D eigenvalue weighted by molar-refractivity contribution is 0.138. The van der Waals surface area contributed by atoms with Gasteiger partial charge in [0.05, 0.1) is 0 Å². The maximum Gasteiger partial charge on any atom is 0.00475 e. The Labute approximate surface area is 128 Å².